The van der Waals surface area contributed by atoms with Gasteiger partial charge >= 0.3 is 0 Å². The van der Waals surface area contributed by atoms with Crippen LogP contribution in [0.4, 0.5) is 11.6 Å². The van der Waals surface area contributed by atoms with Gasteiger partial charge in [0, 0.05) is 36.8 Å². The average Bonchev–Trinajstić information content (AvgIpc) is 2.97. The predicted molar refractivity (Wildman–Crippen MR) is 157 cm³/mol. The van der Waals surface area contributed by atoms with Gasteiger partial charge in [-0.05, 0) is 62.6 Å². The van der Waals surface area contributed by atoms with Gasteiger partial charge in [0.25, 0.3) is 15.9 Å². The van der Waals surface area contributed by atoms with Crippen LogP contribution < -0.4 is 20.1 Å². The SMILES string of the molecule is CC(C)Oc1ccc(-c2ccc(C(=O)NS(=O)(=O)c3cccc(N)n3)c(N3CCC[C@H](c4ccccc4)C3)n2)cn1. The summed E-state index contributed by atoms with van der Waals surface area (Å²) in [7, 11) is -4.27. The van der Waals surface area contributed by atoms with Gasteiger partial charge in [-0.25, -0.2) is 19.7 Å². The predicted octanol–water partition coefficient (Wildman–Crippen LogP) is 4.41. The van der Waals surface area contributed by atoms with Crippen LogP contribution in [0.3, 0.4) is 0 Å². The molecule has 5 rings (SSSR count). The number of pyridine rings is 3. The fourth-order valence-corrected chi connectivity index (χ4v) is 5.79. The summed E-state index contributed by atoms with van der Waals surface area (Å²) in [5.41, 5.74) is 8.35. The number of nitrogens with zero attached hydrogens (tertiary/aromatic N) is 4. The maximum Gasteiger partial charge on any atom is 0.281 e. The Morgan fingerprint density at radius 2 is 1.83 bits per heavy atom. The van der Waals surface area contributed by atoms with E-state index in [1.54, 1.807) is 24.4 Å². The Labute approximate surface area is 239 Å². The summed E-state index contributed by atoms with van der Waals surface area (Å²) in [5, 5.41) is -0.339. The number of amides is 1. The zero-order chi connectivity index (χ0) is 29.0. The molecule has 212 valence electrons. The number of anilines is 2. The highest BCUT2D eigenvalue weighted by Crippen LogP contribution is 2.32. The van der Waals surface area contributed by atoms with E-state index in [1.807, 2.05) is 38.1 Å². The van der Waals surface area contributed by atoms with Crippen LogP contribution in [0, 0.1) is 0 Å². The van der Waals surface area contributed by atoms with E-state index in [9.17, 15) is 13.2 Å². The summed E-state index contributed by atoms with van der Waals surface area (Å²) >= 11 is 0. The van der Waals surface area contributed by atoms with Crippen molar-refractivity contribution in [1.29, 1.82) is 0 Å². The Morgan fingerprint density at radius 1 is 1.02 bits per heavy atom. The van der Waals surface area contributed by atoms with E-state index in [1.165, 1.54) is 23.8 Å². The van der Waals surface area contributed by atoms with Gasteiger partial charge in [0.15, 0.2) is 5.03 Å². The summed E-state index contributed by atoms with van der Waals surface area (Å²) in [6.45, 7) is 5.15. The molecule has 1 aliphatic heterocycles. The minimum absolute atomic E-state index is 0.00802. The molecule has 0 unspecified atom stereocenters. The van der Waals surface area contributed by atoms with Gasteiger partial charge in [-0.2, -0.15) is 8.42 Å². The molecule has 3 N–H and O–H groups in total. The van der Waals surface area contributed by atoms with Crippen molar-refractivity contribution in [3.8, 4) is 17.1 Å². The minimum Gasteiger partial charge on any atom is -0.475 e. The Morgan fingerprint density at radius 3 is 2.54 bits per heavy atom. The highest BCUT2D eigenvalue weighted by atomic mass is 32.2. The molecule has 1 fully saturated rings. The Bertz CT molecular complexity index is 1630. The molecule has 41 heavy (non-hydrogen) atoms. The van der Waals surface area contributed by atoms with Crippen molar-refractivity contribution in [2.45, 2.75) is 43.7 Å². The number of carbonyl (C=O) groups excluding carboxylic acids is 1. The number of nitrogen functional groups attached to an aromatic ring is 1. The normalized spacial score (nSPS) is 15.5. The van der Waals surface area contributed by atoms with Gasteiger partial charge in [0.1, 0.15) is 11.6 Å². The first-order valence-corrected chi connectivity index (χ1v) is 14.9. The van der Waals surface area contributed by atoms with Gasteiger partial charge in [-0.15, -0.1) is 0 Å². The molecule has 0 spiro atoms. The van der Waals surface area contributed by atoms with Gasteiger partial charge in [-0.3, -0.25) is 4.79 Å². The van der Waals surface area contributed by atoms with E-state index in [2.05, 4.69) is 31.7 Å². The molecule has 4 heterocycles. The van der Waals surface area contributed by atoms with Crippen molar-refractivity contribution in [2.75, 3.05) is 23.7 Å². The lowest BCUT2D eigenvalue weighted by Gasteiger charge is -2.35. The topological polar surface area (TPSA) is 140 Å². The fraction of sp³-hybridized carbons (Fsp3) is 0.267. The summed E-state index contributed by atoms with van der Waals surface area (Å²) in [5.74, 6) is 0.372. The number of hydrogen-bond acceptors (Lipinski definition) is 9. The number of nitrogens with two attached hydrogens (primary N) is 1. The molecule has 1 atom stereocenters. The van der Waals surface area contributed by atoms with E-state index >= 15 is 0 Å². The average molecular weight is 573 g/mol. The van der Waals surface area contributed by atoms with Crippen molar-refractivity contribution in [3.05, 3.63) is 90.1 Å². The summed E-state index contributed by atoms with van der Waals surface area (Å²) in [6, 6.07) is 21.3. The van der Waals surface area contributed by atoms with E-state index < -0.39 is 15.9 Å². The van der Waals surface area contributed by atoms with Crippen molar-refractivity contribution in [3.63, 3.8) is 0 Å². The van der Waals surface area contributed by atoms with Crippen LogP contribution in [0.15, 0.2) is 84.0 Å². The molecule has 1 aliphatic rings. The Kier molecular flexibility index (Phi) is 8.16. The third-order valence-electron chi connectivity index (χ3n) is 6.75. The third kappa shape index (κ3) is 6.63. The monoisotopic (exact) mass is 572 g/mol. The molecule has 11 heteroatoms. The largest absolute Gasteiger partial charge is 0.475 e. The lowest BCUT2D eigenvalue weighted by atomic mass is 9.90. The first kappa shape index (κ1) is 28.0. The number of carbonyl (C=O) groups is 1. The zero-order valence-electron chi connectivity index (χ0n) is 22.9. The van der Waals surface area contributed by atoms with Crippen molar-refractivity contribution < 1.29 is 17.9 Å². The number of benzene rings is 1. The molecule has 1 saturated heterocycles. The van der Waals surface area contributed by atoms with E-state index in [4.69, 9.17) is 15.5 Å². The number of nitrogens with one attached hydrogen (secondary N) is 1. The number of hydrogen-bond donors (Lipinski definition) is 2. The van der Waals surface area contributed by atoms with Crippen LogP contribution in [-0.2, 0) is 10.0 Å². The second-order valence-electron chi connectivity index (χ2n) is 10.2. The van der Waals surface area contributed by atoms with E-state index in [0.29, 0.717) is 30.5 Å². The maximum atomic E-state index is 13.5. The summed E-state index contributed by atoms with van der Waals surface area (Å²) in [6.07, 6.45) is 3.55. The highest BCUT2D eigenvalue weighted by Gasteiger charge is 2.28. The zero-order valence-corrected chi connectivity index (χ0v) is 23.7. The second kappa shape index (κ2) is 11.9. The molecule has 4 aromatic rings. The highest BCUT2D eigenvalue weighted by molar-refractivity contribution is 7.90. The number of piperidine rings is 1. The molecule has 0 radical (unpaired) electrons. The Hall–Kier alpha value is -4.51. The fourth-order valence-electron chi connectivity index (χ4n) is 4.85. The number of aromatic nitrogens is 3. The van der Waals surface area contributed by atoms with Crippen molar-refractivity contribution in [1.82, 2.24) is 19.7 Å². The summed E-state index contributed by atoms with van der Waals surface area (Å²) < 4.78 is 33.8. The standard InChI is InChI=1S/C30H32N6O4S/c1-20(2)40-27-16-13-22(18-32-27)25-15-14-24(30(37)35-41(38,39)28-12-6-11-26(31)34-28)29(33-25)36-17-7-10-23(19-36)21-8-4-3-5-9-21/h3-6,8-9,11-16,18,20,23H,7,10,17,19H2,1-2H3,(H2,31,34)(H,35,37)/t23-/m0/s1. The molecule has 0 aliphatic carbocycles. The van der Waals surface area contributed by atoms with Gasteiger partial charge < -0.3 is 15.4 Å². The number of ether oxygens (including phenoxy) is 1. The van der Waals surface area contributed by atoms with Crippen molar-refractivity contribution in [2.24, 2.45) is 0 Å². The molecular weight excluding hydrogens is 540 g/mol. The summed E-state index contributed by atoms with van der Waals surface area (Å²) in [4.78, 5) is 28.7. The lowest BCUT2D eigenvalue weighted by molar-refractivity contribution is 0.0981. The van der Waals surface area contributed by atoms with Crippen LogP contribution >= 0.6 is 0 Å². The smallest absolute Gasteiger partial charge is 0.281 e. The first-order valence-electron chi connectivity index (χ1n) is 13.4. The first-order chi connectivity index (χ1) is 19.7. The second-order valence-corrected chi connectivity index (χ2v) is 11.8. The van der Waals surface area contributed by atoms with Gasteiger partial charge in [0.2, 0.25) is 5.88 Å². The van der Waals surface area contributed by atoms with Crippen LogP contribution in [0.25, 0.3) is 11.3 Å². The van der Waals surface area contributed by atoms with Crippen LogP contribution in [-0.4, -0.2) is 48.5 Å². The van der Waals surface area contributed by atoms with Crippen molar-refractivity contribution >= 4 is 27.6 Å². The molecule has 3 aromatic heterocycles. The number of sulfonamides is 1. The van der Waals surface area contributed by atoms with E-state index in [-0.39, 0.29) is 28.4 Å². The molecule has 0 bridgehead atoms. The van der Waals surface area contributed by atoms with Crippen LogP contribution in [0.5, 0.6) is 5.88 Å². The van der Waals surface area contributed by atoms with E-state index in [0.717, 1.165) is 18.4 Å². The molecule has 1 aromatic carbocycles. The molecular formula is C30H32N6O4S. The molecule has 10 nitrogen and oxygen atoms in total. The van der Waals surface area contributed by atoms with Gasteiger partial charge in [-0.1, -0.05) is 36.4 Å². The van der Waals surface area contributed by atoms with Crippen LogP contribution in [0.2, 0.25) is 0 Å². The maximum absolute atomic E-state index is 13.5. The van der Waals surface area contributed by atoms with Gasteiger partial charge in [0.05, 0.1) is 17.4 Å². The lowest BCUT2D eigenvalue weighted by Crippen LogP contribution is -2.38. The van der Waals surface area contributed by atoms with Crippen LogP contribution in [0.1, 0.15) is 48.5 Å². The molecule has 0 saturated carbocycles. The minimum atomic E-state index is -4.27. The quantitative estimate of drug-likeness (QED) is 0.314. The Balaban J connectivity index is 1.50. The third-order valence-corrected chi connectivity index (χ3v) is 7.98. The molecule has 1 amide bonds. The number of rotatable bonds is 8.